The molecule has 0 aromatic heterocycles. The van der Waals surface area contributed by atoms with E-state index < -0.39 is 10.0 Å². The van der Waals surface area contributed by atoms with Crippen molar-refractivity contribution in [2.45, 2.75) is 50.0 Å². The lowest BCUT2D eigenvalue weighted by Gasteiger charge is -2.29. The van der Waals surface area contributed by atoms with Gasteiger partial charge in [0.2, 0.25) is 10.0 Å². The van der Waals surface area contributed by atoms with Gasteiger partial charge in [0.15, 0.2) is 0 Å². The normalized spacial score (nSPS) is 18.1. The Balaban J connectivity index is 2.13. The van der Waals surface area contributed by atoms with Gasteiger partial charge in [-0.15, -0.1) is 0 Å². The van der Waals surface area contributed by atoms with E-state index in [1.54, 1.807) is 24.3 Å². The Bertz CT molecular complexity index is 569. The monoisotopic (exact) mass is 326 g/mol. The van der Waals surface area contributed by atoms with Gasteiger partial charge in [-0.05, 0) is 37.8 Å². The van der Waals surface area contributed by atoms with E-state index in [0.717, 1.165) is 25.7 Å². The molecule has 124 valence electrons. The number of nitrogens with two attached hydrogens (primary N) is 1. The smallest absolute Gasteiger partial charge is 0.241 e. The second-order valence-electron chi connectivity index (χ2n) is 5.77. The Labute approximate surface area is 133 Å². The van der Waals surface area contributed by atoms with Gasteiger partial charge in [0, 0.05) is 18.7 Å². The summed E-state index contributed by atoms with van der Waals surface area (Å²) in [6, 6.07) is 6.39. The molecule has 0 heterocycles. The number of sulfonamides is 1. The molecule has 5 nitrogen and oxygen atoms in total. The van der Waals surface area contributed by atoms with Crippen molar-refractivity contribution in [2.24, 2.45) is 11.7 Å². The molecule has 1 fully saturated rings. The van der Waals surface area contributed by atoms with Crippen molar-refractivity contribution in [3.8, 4) is 5.75 Å². The molecule has 1 aliphatic carbocycles. The van der Waals surface area contributed by atoms with Crippen molar-refractivity contribution in [2.75, 3.05) is 13.2 Å². The maximum absolute atomic E-state index is 12.6. The molecule has 0 bridgehead atoms. The van der Waals surface area contributed by atoms with Crippen molar-refractivity contribution in [1.29, 1.82) is 0 Å². The van der Waals surface area contributed by atoms with Crippen LogP contribution >= 0.6 is 0 Å². The first kappa shape index (κ1) is 17.2. The van der Waals surface area contributed by atoms with Gasteiger partial charge in [-0.2, -0.15) is 0 Å². The molecule has 1 atom stereocenters. The van der Waals surface area contributed by atoms with Crippen LogP contribution in [-0.4, -0.2) is 27.6 Å². The van der Waals surface area contributed by atoms with Gasteiger partial charge in [0.25, 0.3) is 0 Å². The van der Waals surface area contributed by atoms with Crippen LogP contribution in [0.5, 0.6) is 5.75 Å². The van der Waals surface area contributed by atoms with E-state index in [-0.39, 0.29) is 10.9 Å². The Hall–Kier alpha value is -1.11. The highest BCUT2D eigenvalue weighted by Gasteiger charge is 2.27. The fraction of sp³-hybridized carbons (Fsp3) is 0.625. The van der Waals surface area contributed by atoms with E-state index in [2.05, 4.69) is 4.72 Å². The SMILES string of the molecule is CCOc1cccc(S(=O)(=O)NC(CN)C2CCCCC2)c1. The summed E-state index contributed by atoms with van der Waals surface area (Å²) in [4.78, 5) is 0.229. The third-order valence-corrected chi connectivity index (χ3v) is 5.69. The summed E-state index contributed by atoms with van der Waals surface area (Å²) >= 11 is 0. The number of benzene rings is 1. The molecular formula is C16H26N2O3S. The number of hydrogen-bond acceptors (Lipinski definition) is 4. The zero-order valence-electron chi connectivity index (χ0n) is 13.1. The van der Waals surface area contributed by atoms with Gasteiger partial charge >= 0.3 is 0 Å². The van der Waals surface area contributed by atoms with Crippen LogP contribution in [0.25, 0.3) is 0 Å². The van der Waals surface area contributed by atoms with Crippen molar-refractivity contribution in [1.82, 2.24) is 4.72 Å². The predicted molar refractivity (Wildman–Crippen MR) is 87.3 cm³/mol. The van der Waals surface area contributed by atoms with Gasteiger partial charge in [0.05, 0.1) is 11.5 Å². The van der Waals surface area contributed by atoms with E-state index in [9.17, 15) is 8.42 Å². The third kappa shape index (κ3) is 4.44. The van der Waals surface area contributed by atoms with Crippen LogP contribution in [0.1, 0.15) is 39.0 Å². The minimum atomic E-state index is -3.57. The van der Waals surface area contributed by atoms with Gasteiger partial charge in [-0.3, -0.25) is 0 Å². The molecule has 1 saturated carbocycles. The molecular weight excluding hydrogens is 300 g/mol. The van der Waals surface area contributed by atoms with Crippen LogP contribution in [0.15, 0.2) is 29.2 Å². The van der Waals surface area contributed by atoms with Gasteiger partial charge in [-0.25, -0.2) is 13.1 Å². The van der Waals surface area contributed by atoms with Gasteiger partial charge in [-0.1, -0.05) is 25.3 Å². The summed E-state index contributed by atoms with van der Waals surface area (Å²) in [5.74, 6) is 0.899. The molecule has 22 heavy (non-hydrogen) atoms. The summed E-state index contributed by atoms with van der Waals surface area (Å²) in [7, 11) is -3.57. The highest BCUT2D eigenvalue weighted by atomic mass is 32.2. The maximum atomic E-state index is 12.6. The lowest BCUT2D eigenvalue weighted by Crippen LogP contribution is -2.45. The lowest BCUT2D eigenvalue weighted by atomic mass is 9.84. The third-order valence-electron chi connectivity index (χ3n) is 4.21. The molecule has 0 saturated heterocycles. The summed E-state index contributed by atoms with van der Waals surface area (Å²) in [6.07, 6.45) is 5.63. The fourth-order valence-corrected chi connectivity index (χ4v) is 4.39. The zero-order valence-corrected chi connectivity index (χ0v) is 13.9. The Kier molecular flexibility index (Phi) is 6.23. The summed E-state index contributed by atoms with van der Waals surface area (Å²) in [5.41, 5.74) is 5.81. The van der Waals surface area contributed by atoms with Gasteiger partial charge < -0.3 is 10.5 Å². The van der Waals surface area contributed by atoms with E-state index in [1.165, 1.54) is 6.42 Å². The standard InChI is InChI=1S/C16H26N2O3S/c1-2-21-14-9-6-10-15(11-14)22(19,20)18-16(12-17)13-7-4-3-5-8-13/h6,9-11,13,16,18H,2-5,7-8,12,17H2,1H3. The number of nitrogens with one attached hydrogen (secondary N) is 1. The first-order chi connectivity index (χ1) is 10.6. The largest absolute Gasteiger partial charge is 0.494 e. The van der Waals surface area contributed by atoms with Crippen molar-refractivity contribution >= 4 is 10.0 Å². The van der Waals surface area contributed by atoms with Crippen molar-refractivity contribution in [3.63, 3.8) is 0 Å². The highest BCUT2D eigenvalue weighted by molar-refractivity contribution is 7.89. The Morgan fingerprint density at radius 1 is 1.32 bits per heavy atom. The van der Waals surface area contributed by atoms with Crippen LogP contribution in [0, 0.1) is 5.92 Å². The molecule has 1 aliphatic rings. The van der Waals surface area contributed by atoms with E-state index in [1.807, 2.05) is 6.92 Å². The average Bonchev–Trinajstić information content (AvgIpc) is 2.54. The Morgan fingerprint density at radius 2 is 2.05 bits per heavy atom. The maximum Gasteiger partial charge on any atom is 0.241 e. The molecule has 6 heteroatoms. The lowest BCUT2D eigenvalue weighted by molar-refractivity contribution is 0.294. The van der Waals surface area contributed by atoms with Crippen LogP contribution in [0.2, 0.25) is 0 Å². The molecule has 0 aliphatic heterocycles. The van der Waals surface area contributed by atoms with E-state index >= 15 is 0 Å². The molecule has 0 spiro atoms. The first-order valence-corrected chi connectivity index (χ1v) is 9.50. The molecule has 0 amide bonds. The molecule has 0 radical (unpaired) electrons. The van der Waals surface area contributed by atoms with E-state index in [0.29, 0.717) is 24.8 Å². The number of hydrogen-bond donors (Lipinski definition) is 2. The van der Waals surface area contributed by atoms with Crippen LogP contribution in [0.3, 0.4) is 0 Å². The van der Waals surface area contributed by atoms with Gasteiger partial charge in [0.1, 0.15) is 5.75 Å². The van der Waals surface area contributed by atoms with E-state index in [4.69, 9.17) is 10.5 Å². The molecule has 1 aromatic rings. The minimum absolute atomic E-state index is 0.193. The topological polar surface area (TPSA) is 81.4 Å². The average molecular weight is 326 g/mol. The summed E-state index contributed by atoms with van der Waals surface area (Å²) in [6.45, 7) is 2.70. The zero-order chi connectivity index (χ0) is 16.0. The summed E-state index contributed by atoms with van der Waals surface area (Å²) in [5, 5.41) is 0. The second kappa shape index (κ2) is 7.94. The Morgan fingerprint density at radius 3 is 2.68 bits per heavy atom. The number of ether oxygens (including phenoxy) is 1. The molecule has 1 unspecified atom stereocenters. The highest BCUT2D eigenvalue weighted by Crippen LogP contribution is 2.27. The predicted octanol–water partition coefficient (Wildman–Crippen LogP) is 2.27. The van der Waals surface area contributed by atoms with Crippen LogP contribution in [0.4, 0.5) is 0 Å². The molecule has 3 N–H and O–H groups in total. The molecule has 1 aromatic carbocycles. The second-order valence-corrected chi connectivity index (χ2v) is 7.48. The number of rotatable bonds is 7. The minimum Gasteiger partial charge on any atom is -0.494 e. The van der Waals surface area contributed by atoms with Crippen LogP contribution < -0.4 is 15.2 Å². The molecule has 2 rings (SSSR count). The van der Waals surface area contributed by atoms with Crippen LogP contribution in [-0.2, 0) is 10.0 Å². The quantitative estimate of drug-likeness (QED) is 0.805. The van der Waals surface area contributed by atoms with Crippen molar-refractivity contribution < 1.29 is 13.2 Å². The summed E-state index contributed by atoms with van der Waals surface area (Å²) < 4.78 is 33.3. The van der Waals surface area contributed by atoms with Crippen molar-refractivity contribution in [3.05, 3.63) is 24.3 Å². The first-order valence-electron chi connectivity index (χ1n) is 8.02. The fourth-order valence-electron chi connectivity index (χ4n) is 3.04.